The lowest BCUT2D eigenvalue weighted by Gasteiger charge is -2.35. The third kappa shape index (κ3) is 4.32. The van der Waals surface area contributed by atoms with Crippen LogP contribution in [-0.2, 0) is 0 Å². The molecule has 2 aliphatic rings. The number of carbonyl (C=O) groups excluding carboxylic acids is 1. The minimum atomic E-state index is -0.320. The van der Waals surface area contributed by atoms with Crippen LogP contribution < -0.4 is 15.1 Å². The zero-order valence-corrected chi connectivity index (χ0v) is 15.9. The number of hydrogen-bond acceptors (Lipinski definition) is 5. The van der Waals surface area contributed by atoms with Crippen LogP contribution in [0.4, 0.5) is 26.5 Å². The first-order valence-electron chi connectivity index (χ1n) is 9.84. The van der Waals surface area contributed by atoms with Gasteiger partial charge in [0.25, 0.3) is 0 Å². The molecule has 28 heavy (non-hydrogen) atoms. The molecule has 2 amide bonds. The number of benzene rings is 1. The van der Waals surface area contributed by atoms with Crippen LogP contribution in [0.25, 0.3) is 0 Å². The quantitative estimate of drug-likeness (QED) is 0.881. The van der Waals surface area contributed by atoms with Gasteiger partial charge in [0, 0.05) is 45.0 Å². The average molecular weight is 384 g/mol. The Morgan fingerprint density at radius 2 is 1.36 bits per heavy atom. The molecule has 3 heterocycles. The van der Waals surface area contributed by atoms with Crippen molar-refractivity contribution in [3.05, 3.63) is 42.2 Å². The molecule has 4 rings (SSSR count). The highest BCUT2D eigenvalue weighted by molar-refractivity contribution is 5.89. The fraction of sp³-hybridized carbons (Fsp3) is 0.450. The van der Waals surface area contributed by atoms with Gasteiger partial charge in [-0.3, -0.25) is 0 Å². The second kappa shape index (κ2) is 8.41. The van der Waals surface area contributed by atoms with E-state index in [4.69, 9.17) is 0 Å². The standard InChI is InChI=1S/C20H25FN6O/c21-16-4-6-17(7-5-16)22-20(28)27-14-12-26(13-15-27)19-9-8-18(23-24-19)25-10-2-1-3-11-25/h4-9H,1-3,10-15H2,(H,22,28). The molecule has 1 aromatic carbocycles. The average Bonchev–Trinajstić information content (AvgIpc) is 2.76. The molecule has 8 heteroatoms. The van der Waals surface area contributed by atoms with Crippen molar-refractivity contribution in [1.29, 1.82) is 0 Å². The molecule has 1 N–H and O–H groups in total. The minimum Gasteiger partial charge on any atom is -0.355 e. The third-order valence-electron chi connectivity index (χ3n) is 5.30. The molecule has 0 saturated carbocycles. The van der Waals surface area contributed by atoms with Gasteiger partial charge in [0.05, 0.1) is 0 Å². The van der Waals surface area contributed by atoms with Crippen molar-refractivity contribution in [1.82, 2.24) is 15.1 Å². The minimum absolute atomic E-state index is 0.169. The predicted molar refractivity (Wildman–Crippen MR) is 107 cm³/mol. The SMILES string of the molecule is O=C(Nc1ccc(F)cc1)N1CCN(c2ccc(N3CCCCC3)nn2)CC1. The predicted octanol–water partition coefficient (Wildman–Crippen LogP) is 2.96. The highest BCUT2D eigenvalue weighted by atomic mass is 19.1. The smallest absolute Gasteiger partial charge is 0.321 e. The van der Waals surface area contributed by atoms with Crippen molar-refractivity contribution in [3.63, 3.8) is 0 Å². The second-order valence-corrected chi connectivity index (χ2v) is 7.21. The summed E-state index contributed by atoms with van der Waals surface area (Å²) in [4.78, 5) is 18.6. The van der Waals surface area contributed by atoms with E-state index < -0.39 is 0 Å². The lowest BCUT2D eigenvalue weighted by Crippen LogP contribution is -2.50. The summed E-state index contributed by atoms with van der Waals surface area (Å²) in [6.07, 6.45) is 3.72. The first-order valence-corrected chi connectivity index (χ1v) is 9.84. The van der Waals surface area contributed by atoms with Crippen molar-refractivity contribution in [2.24, 2.45) is 0 Å². The van der Waals surface area contributed by atoms with E-state index in [1.807, 2.05) is 12.1 Å². The first-order chi connectivity index (χ1) is 13.7. The highest BCUT2D eigenvalue weighted by Crippen LogP contribution is 2.20. The largest absolute Gasteiger partial charge is 0.355 e. The third-order valence-corrected chi connectivity index (χ3v) is 5.30. The van der Waals surface area contributed by atoms with Crippen LogP contribution in [0.3, 0.4) is 0 Å². The normalized spacial score (nSPS) is 17.5. The monoisotopic (exact) mass is 384 g/mol. The number of carbonyl (C=O) groups is 1. The molecule has 0 aliphatic carbocycles. The van der Waals surface area contributed by atoms with Gasteiger partial charge in [0.15, 0.2) is 11.6 Å². The molecule has 0 unspecified atom stereocenters. The van der Waals surface area contributed by atoms with Gasteiger partial charge < -0.3 is 20.0 Å². The topological polar surface area (TPSA) is 64.6 Å². The molecule has 2 saturated heterocycles. The number of hydrogen-bond donors (Lipinski definition) is 1. The van der Waals surface area contributed by atoms with Crippen LogP contribution in [-0.4, -0.2) is 60.4 Å². The van der Waals surface area contributed by atoms with E-state index in [-0.39, 0.29) is 11.8 Å². The molecular formula is C20H25FN6O. The van der Waals surface area contributed by atoms with E-state index in [9.17, 15) is 9.18 Å². The van der Waals surface area contributed by atoms with E-state index in [1.54, 1.807) is 17.0 Å². The van der Waals surface area contributed by atoms with E-state index in [1.165, 1.54) is 31.4 Å². The van der Waals surface area contributed by atoms with Gasteiger partial charge in [-0.15, -0.1) is 10.2 Å². The van der Waals surface area contributed by atoms with Crippen molar-refractivity contribution in [2.45, 2.75) is 19.3 Å². The number of nitrogens with zero attached hydrogens (tertiary/aromatic N) is 5. The van der Waals surface area contributed by atoms with Crippen LogP contribution in [0.5, 0.6) is 0 Å². The van der Waals surface area contributed by atoms with Crippen LogP contribution in [0.1, 0.15) is 19.3 Å². The summed E-state index contributed by atoms with van der Waals surface area (Å²) < 4.78 is 13.0. The number of piperidine rings is 1. The number of piperazine rings is 1. The zero-order chi connectivity index (χ0) is 19.3. The fourth-order valence-corrected chi connectivity index (χ4v) is 3.65. The second-order valence-electron chi connectivity index (χ2n) is 7.21. The van der Waals surface area contributed by atoms with Crippen LogP contribution in [0.2, 0.25) is 0 Å². The molecule has 0 atom stereocenters. The van der Waals surface area contributed by atoms with Gasteiger partial charge in [-0.25, -0.2) is 9.18 Å². The summed E-state index contributed by atoms with van der Waals surface area (Å²) in [6, 6.07) is 9.68. The summed E-state index contributed by atoms with van der Waals surface area (Å²) in [5, 5.41) is 11.6. The number of halogens is 1. The highest BCUT2D eigenvalue weighted by Gasteiger charge is 2.22. The molecule has 2 aliphatic heterocycles. The Morgan fingerprint density at radius 1 is 0.786 bits per heavy atom. The summed E-state index contributed by atoms with van der Waals surface area (Å²) >= 11 is 0. The number of rotatable bonds is 3. The van der Waals surface area contributed by atoms with E-state index in [0.29, 0.717) is 31.9 Å². The van der Waals surface area contributed by atoms with Crippen molar-refractivity contribution >= 4 is 23.4 Å². The molecule has 0 bridgehead atoms. The molecule has 0 radical (unpaired) electrons. The van der Waals surface area contributed by atoms with Gasteiger partial charge >= 0.3 is 6.03 Å². The van der Waals surface area contributed by atoms with Crippen molar-refractivity contribution in [3.8, 4) is 0 Å². The summed E-state index contributed by atoms with van der Waals surface area (Å²) in [7, 11) is 0. The van der Waals surface area contributed by atoms with Gasteiger partial charge in [0.2, 0.25) is 0 Å². The first kappa shape index (κ1) is 18.5. The summed E-state index contributed by atoms with van der Waals surface area (Å²) in [6.45, 7) is 4.71. The van der Waals surface area contributed by atoms with Crippen LogP contribution in [0, 0.1) is 5.82 Å². The Labute approximate surface area is 164 Å². The molecular weight excluding hydrogens is 359 g/mol. The maximum atomic E-state index is 13.0. The molecule has 0 spiro atoms. The summed E-state index contributed by atoms with van der Waals surface area (Å²) in [5.41, 5.74) is 0.591. The number of amides is 2. The Hall–Kier alpha value is -2.90. The molecule has 1 aromatic heterocycles. The summed E-state index contributed by atoms with van der Waals surface area (Å²) in [5.74, 6) is 1.47. The number of urea groups is 1. The van der Waals surface area contributed by atoms with Crippen molar-refractivity contribution < 1.29 is 9.18 Å². The van der Waals surface area contributed by atoms with Gasteiger partial charge in [-0.1, -0.05) is 0 Å². The number of nitrogens with one attached hydrogen (secondary N) is 1. The number of aromatic nitrogens is 2. The Morgan fingerprint density at radius 3 is 1.93 bits per heavy atom. The molecule has 2 fully saturated rings. The van der Waals surface area contributed by atoms with Crippen molar-refractivity contribution in [2.75, 3.05) is 54.4 Å². The zero-order valence-electron chi connectivity index (χ0n) is 15.9. The number of anilines is 3. The maximum absolute atomic E-state index is 13.0. The van der Waals surface area contributed by atoms with Gasteiger partial charge in [0.1, 0.15) is 5.82 Å². The lowest BCUT2D eigenvalue weighted by molar-refractivity contribution is 0.208. The molecule has 2 aromatic rings. The fourth-order valence-electron chi connectivity index (χ4n) is 3.65. The Balaban J connectivity index is 1.29. The van der Waals surface area contributed by atoms with E-state index in [0.717, 1.165) is 24.7 Å². The molecule has 148 valence electrons. The van der Waals surface area contributed by atoms with E-state index >= 15 is 0 Å². The van der Waals surface area contributed by atoms with Crippen LogP contribution in [0.15, 0.2) is 36.4 Å². The lowest BCUT2D eigenvalue weighted by atomic mass is 10.1. The maximum Gasteiger partial charge on any atom is 0.321 e. The Kier molecular flexibility index (Phi) is 5.55. The van der Waals surface area contributed by atoms with Gasteiger partial charge in [-0.05, 0) is 55.7 Å². The van der Waals surface area contributed by atoms with Gasteiger partial charge in [-0.2, -0.15) is 0 Å². The van der Waals surface area contributed by atoms with Crippen LogP contribution >= 0.6 is 0 Å². The van der Waals surface area contributed by atoms with E-state index in [2.05, 4.69) is 25.3 Å². The molecule has 7 nitrogen and oxygen atoms in total. The Bertz CT molecular complexity index is 783.